The zero-order valence-corrected chi connectivity index (χ0v) is 19.0. The largest absolute Gasteiger partial charge is 0.450 e. The number of nitrogens with one attached hydrogen (secondary N) is 1. The Morgan fingerprint density at radius 1 is 1.29 bits per heavy atom. The molecule has 9 nitrogen and oxygen atoms in total. The molecule has 0 saturated carbocycles. The maximum atomic E-state index is 11.7. The van der Waals surface area contributed by atoms with Crippen LogP contribution < -0.4 is 16.2 Å². The number of sulfonamides is 1. The van der Waals surface area contributed by atoms with Gasteiger partial charge in [0.05, 0.1) is 11.5 Å². The third-order valence-electron chi connectivity index (χ3n) is 4.31. The summed E-state index contributed by atoms with van der Waals surface area (Å²) in [5.41, 5.74) is 6.88. The van der Waals surface area contributed by atoms with Crippen LogP contribution in [0.5, 0.6) is 0 Å². The second kappa shape index (κ2) is 11.4. The first kappa shape index (κ1) is 24.4. The lowest BCUT2D eigenvalue weighted by molar-refractivity contribution is 0.0963. The van der Waals surface area contributed by atoms with Crippen LogP contribution in [0.15, 0.2) is 34.2 Å². The summed E-state index contributed by atoms with van der Waals surface area (Å²) in [5.74, 6) is 0.366. The molecule has 1 saturated heterocycles. The average Bonchev–Trinajstić information content (AvgIpc) is 2.62. The van der Waals surface area contributed by atoms with E-state index in [4.69, 9.17) is 15.6 Å². The Balaban J connectivity index is 0.00000392. The molecule has 1 aliphatic heterocycles. The van der Waals surface area contributed by atoms with E-state index in [9.17, 15) is 13.2 Å². The lowest BCUT2D eigenvalue weighted by Gasteiger charge is -2.31. The molecule has 0 radical (unpaired) electrons. The standard InChI is InChI=1S/C17H27N5O4S.HI/c1-2-26-17(23)22-11-8-14(9-12-22)21-16(18)20-10-7-13-3-5-15(6-4-13)27(19,24)25;/h3-6,14H,2,7-12H2,1H3,(H3,18,20,21)(H2,19,24,25);1H. The second-order valence-electron chi connectivity index (χ2n) is 6.31. The molecule has 0 atom stereocenters. The van der Waals surface area contributed by atoms with E-state index >= 15 is 0 Å². The molecular formula is C17H28IN5O4S. The first-order chi connectivity index (χ1) is 12.8. The van der Waals surface area contributed by atoms with E-state index in [1.807, 2.05) is 0 Å². The molecule has 0 aromatic heterocycles. The number of primary sulfonamides is 1. The Hall–Kier alpha value is -1.60. The van der Waals surface area contributed by atoms with Crippen LogP contribution in [0.1, 0.15) is 25.3 Å². The van der Waals surface area contributed by atoms with Crippen molar-refractivity contribution in [3.05, 3.63) is 29.8 Å². The topological polar surface area (TPSA) is 140 Å². The van der Waals surface area contributed by atoms with Gasteiger partial charge in [0.1, 0.15) is 0 Å². The van der Waals surface area contributed by atoms with Gasteiger partial charge in [0.2, 0.25) is 10.0 Å². The van der Waals surface area contributed by atoms with Gasteiger partial charge in [-0.1, -0.05) is 12.1 Å². The second-order valence-corrected chi connectivity index (χ2v) is 7.87. The lowest BCUT2D eigenvalue weighted by Crippen LogP contribution is -2.48. The van der Waals surface area contributed by atoms with Crippen LogP contribution in [0.25, 0.3) is 0 Å². The molecule has 0 aliphatic carbocycles. The highest BCUT2D eigenvalue weighted by atomic mass is 127. The van der Waals surface area contributed by atoms with Crippen molar-refractivity contribution >= 4 is 46.1 Å². The fourth-order valence-corrected chi connectivity index (χ4v) is 3.34. The first-order valence-electron chi connectivity index (χ1n) is 8.89. The van der Waals surface area contributed by atoms with Gasteiger partial charge in [-0.2, -0.15) is 0 Å². The van der Waals surface area contributed by atoms with Crippen molar-refractivity contribution in [2.24, 2.45) is 15.9 Å². The van der Waals surface area contributed by atoms with Gasteiger partial charge in [-0.15, -0.1) is 24.0 Å². The van der Waals surface area contributed by atoms with Crippen LogP contribution in [0.3, 0.4) is 0 Å². The minimum absolute atomic E-state index is 0. The number of carbonyl (C=O) groups is 1. The number of halogens is 1. The molecule has 2 rings (SSSR count). The zero-order chi connectivity index (χ0) is 19.9. The highest BCUT2D eigenvalue weighted by molar-refractivity contribution is 14.0. The first-order valence-corrected chi connectivity index (χ1v) is 10.4. The molecular weight excluding hydrogens is 497 g/mol. The Kier molecular flexibility index (Phi) is 9.96. The molecule has 11 heteroatoms. The number of nitrogens with zero attached hydrogens (tertiary/aromatic N) is 2. The molecule has 0 spiro atoms. The molecule has 158 valence electrons. The van der Waals surface area contributed by atoms with Gasteiger partial charge in [0.15, 0.2) is 5.96 Å². The number of likely N-dealkylation sites (tertiary alicyclic amines) is 1. The number of amides is 1. The third-order valence-corrected chi connectivity index (χ3v) is 5.24. The average molecular weight is 525 g/mol. The van der Waals surface area contributed by atoms with Crippen molar-refractivity contribution in [1.29, 1.82) is 0 Å². The van der Waals surface area contributed by atoms with Crippen molar-refractivity contribution in [2.45, 2.75) is 37.1 Å². The SMILES string of the molecule is CCOC(=O)N1CCC(NC(N)=NCCc2ccc(S(N)(=O)=O)cc2)CC1.I. The number of nitrogens with two attached hydrogens (primary N) is 2. The number of guanidine groups is 1. The van der Waals surface area contributed by atoms with Gasteiger partial charge in [0, 0.05) is 25.7 Å². The Morgan fingerprint density at radius 2 is 1.89 bits per heavy atom. The Labute approximate surface area is 183 Å². The van der Waals surface area contributed by atoms with Gasteiger partial charge in [-0.25, -0.2) is 18.4 Å². The van der Waals surface area contributed by atoms with Crippen LogP contribution in [0, 0.1) is 0 Å². The number of rotatable bonds is 6. The molecule has 1 fully saturated rings. The normalized spacial score (nSPS) is 15.6. The minimum Gasteiger partial charge on any atom is -0.450 e. The van der Waals surface area contributed by atoms with Crippen LogP contribution >= 0.6 is 24.0 Å². The zero-order valence-electron chi connectivity index (χ0n) is 15.8. The predicted molar refractivity (Wildman–Crippen MR) is 118 cm³/mol. The smallest absolute Gasteiger partial charge is 0.409 e. The summed E-state index contributed by atoms with van der Waals surface area (Å²) in [5, 5.41) is 8.25. The number of piperidine rings is 1. The van der Waals surface area contributed by atoms with Crippen molar-refractivity contribution in [2.75, 3.05) is 26.2 Å². The monoisotopic (exact) mass is 525 g/mol. The van der Waals surface area contributed by atoms with Gasteiger partial charge in [-0.3, -0.25) is 4.99 Å². The van der Waals surface area contributed by atoms with Crippen molar-refractivity contribution in [3.8, 4) is 0 Å². The van der Waals surface area contributed by atoms with Crippen LogP contribution in [-0.2, 0) is 21.2 Å². The maximum absolute atomic E-state index is 11.7. The van der Waals surface area contributed by atoms with Gasteiger partial charge in [-0.05, 0) is 43.9 Å². The number of ether oxygens (including phenoxy) is 1. The molecule has 1 aromatic rings. The number of carbonyl (C=O) groups excluding carboxylic acids is 1. The molecule has 1 heterocycles. The van der Waals surface area contributed by atoms with Crippen LogP contribution in [0.4, 0.5) is 4.79 Å². The summed E-state index contributed by atoms with van der Waals surface area (Å²) in [4.78, 5) is 17.8. The highest BCUT2D eigenvalue weighted by Crippen LogP contribution is 2.12. The molecule has 28 heavy (non-hydrogen) atoms. The third kappa shape index (κ3) is 7.80. The van der Waals surface area contributed by atoms with E-state index in [0.717, 1.165) is 18.4 Å². The summed E-state index contributed by atoms with van der Waals surface area (Å²) in [6.45, 7) is 3.90. The number of hydrogen-bond donors (Lipinski definition) is 3. The molecule has 5 N–H and O–H groups in total. The van der Waals surface area contributed by atoms with E-state index in [1.54, 1.807) is 24.0 Å². The maximum Gasteiger partial charge on any atom is 0.409 e. The highest BCUT2D eigenvalue weighted by Gasteiger charge is 2.23. The lowest BCUT2D eigenvalue weighted by atomic mass is 10.1. The fraction of sp³-hybridized carbons (Fsp3) is 0.529. The van der Waals surface area contributed by atoms with Gasteiger partial charge < -0.3 is 20.7 Å². The summed E-state index contributed by atoms with van der Waals surface area (Å²) >= 11 is 0. The minimum atomic E-state index is -3.67. The Morgan fingerprint density at radius 3 is 2.43 bits per heavy atom. The van der Waals surface area contributed by atoms with Crippen molar-refractivity contribution in [1.82, 2.24) is 10.2 Å². The molecule has 0 bridgehead atoms. The molecule has 1 amide bonds. The van der Waals surface area contributed by atoms with E-state index in [2.05, 4.69) is 10.3 Å². The molecule has 1 aromatic carbocycles. The van der Waals surface area contributed by atoms with Crippen molar-refractivity contribution in [3.63, 3.8) is 0 Å². The number of benzene rings is 1. The number of hydrogen-bond acceptors (Lipinski definition) is 5. The van der Waals surface area contributed by atoms with E-state index in [-0.39, 0.29) is 41.0 Å². The molecule has 1 aliphatic rings. The van der Waals surface area contributed by atoms with Crippen molar-refractivity contribution < 1.29 is 17.9 Å². The van der Waals surface area contributed by atoms with Crippen LogP contribution in [-0.4, -0.2) is 57.7 Å². The Bertz CT molecular complexity index is 762. The summed E-state index contributed by atoms with van der Waals surface area (Å²) in [6.07, 6.45) is 1.92. The quantitative estimate of drug-likeness (QED) is 0.288. The number of aliphatic imine (C=N–C) groups is 1. The summed E-state index contributed by atoms with van der Waals surface area (Å²) < 4.78 is 27.5. The summed E-state index contributed by atoms with van der Waals surface area (Å²) in [6, 6.07) is 6.56. The van der Waals surface area contributed by atoms with Gasteiger partial charge in [0.25, 0.3) is 0 Å². The van der Waals surface area contributed by atoms with Crippen LogP contribution in [0.2, 0.25) is 0 Å². The fourth-order valence-electron chi connectivity index (χ4n) is 2.83. The molecule has 0 unspecified atom stereocenters. The summed E-state index contributed by atoms with van der Waals surface area (Å²) in [7, 11) is -3.67. The van der Waals surface area contributed by atoms with E-state index < -0.39 is 10.0 Å². The van der Waals surface area contributed by atoms with E-state index in [1.165, 1.54) is 12.1 Å². The van der Waals surface area contributed by atoms with Gasteiger partial charge >= 0.3 is 6.09 Å². The van der Waals surface area contributed by atoms with E-state index in [0.29, 0.717) is 38.6 Å². The predicted octanol–water partition coefficient (Wildman–Crippen LogP) is 1.02.